The van der Waals surface area contributed by atoms with Crippen LogP contribution in [0.3, 0.4) is 0 Å². The topological polar surface area (TPSA) is 61.3 Å². The molecule has 0 aromatic carbocycles. The van der Waals surface area contributed by atoms with Crippen molar-refractivity contribution < 1.29 is 5.11 Å². The van der Waals surface area contributed by atoms with E-state index in [9.17, 15) is 0 Å². The van der Waals surface area contributed by atoms with Crippen molar-refractivity contribution in [2.45, 2.75) is 13.3 Å². The van der Waals surface area contributed by atoms with Crippen LogP contribution < -0.4 is 10.2 Å². The van der Waals surface area contributed by atoms with Gasteiger partial charge in [-0.1, -0.05) is 6.92 Å². The van der Waals surface area contributed by atoms with E-state index in [0.717, 1.165) is 24.6 Å². The Morgan fingerprint density at radius 1 is 1.47 bits per heavy atom. The van der Waals surface area contributed by atoms with E-state index in [1.807, 2.05) is 13.1 Å². The molecule has 84 valence electrons. The molecule has 0 aliphatic carbocycles. The minimum atomic E-state index is 0.101. The molecule has 0 aliphatic heterocycles. The maximum atomic E-state index is 8.67. The largest absolute Gasteiger partial charge is 0.395 e. The van der Waals surface area contributed by atoms with E-state index in [4.69, 9.17) is 5.11 Å². The average Bonchev–Trinajstić information content (AvgIpc) is 2.27. The van der Waals surface area contributed by atoms with Crippen LogP contribution in [-0.4, -0.2) is 41.8 Å². The third kappa shape index (κ3) is 3.71. The van der Waals surface area contributed by atoms with Gasteiger partial charge in [0.1, 0.15) is 18.0 Å². The summed E-state index contributed by atoms with van der Waals surface area (Å²) in [5.41, 5.74) is 0. The first-order valence-corrected chi connectivity index (χ1v) is 5.15. The second kappa shape index (κ2) is 6.19. The van der Waals surface area contributed by atoms with Crippen molar-refractivity contribution in [2.24, 2.45) is 0 Å². The zero-order valence-corrected chi connectivity index (χ0v) is 9.27. The highest BCUT2D eigenvalue weighted by Crippen LogP contribution is 2.12. The summed E-state index contributed by atoms with van der Waals surface area (Å²) in [4.78, 5) is 10.3. The van der Waals surface area contributed by atoms with Crippen LogP contribution in [0, 0.1) is 0 Å². The number of nitrogens with one attached hydrogen (secondary N) is 1. The summed E-state index contributed by atoms with van der Waals surface area (Å²) in [6.45, 7) is 3.71. The quantitative estimate of drug-likeness (QED) is 0.724. The Morgan fingerprint density at radius 3 is 2.93 bits per heavy atom. The molecule has 15 heavy (non-hydrogen) atoms. The number of aromatic nitrogens is 2. The van der Waals surface area contributed by atoms with Crippen molar-refractivity contribution in [2.75, 3.05) is 37.0 Å². The lowest BCUT2D eigenvalue weighted by atomic mass is 10.4. The Bertz CT molecular complexity index is 293. The highest BCUT2D eigenvalue weighted by molar-refractivity contribution is 5.47. The summed E-state index contributed by atoms with van der Waals surface area (Å²) in [5.74, 6) is 1.64. The van der Waals surface area contributed by atoms with Crippen LogP contribution in [0.15, 0.2) is 12.4 Å². The molecule has 2 N–H and O–H groups in total. The molecule has 1 heterocycles. The Kier molecular flexibility index (Phi) is 4.83. The predicted molar refractivity (Wildman–Crippen MR) is 61.2 cm³/mol. The molecular formula is C10H18N4O. The lowest BCUT2D eigenvalue weighted by molar-refractivity contribution is 0.311. The number of anilines is 2. The molecule has 0 saturated carbocycles. The number of aliphatic hydroxyl groups is 1. The molecule has 1 aromatic heterocycles. The Morgan fingerprint density at radius 2 is 2.27 bits per heavy atom. The number of hydrogen-bond donors (Lipinski definition) is 2. The summed E-state index contributed by atoms with van der Waals surface area (Å²) < 4.78 is 0. The lowest BCUT2D eigenvalue weighted by Gasteiger charge is -2.17. The summed E-state index contributed by atoms with van der Waals surface area (Å²) in [6.07, 6.45) is 2.61. The Balaban J connectivity index is 2.64. The SMILES string of the molecule is CCCN(C)c1cc(NCCO)ncn1. The van der Waals surface area contributed by atoms with Gasteiger partial charge in [-0.15, -0.1) is 0 Å². The average molecular weight is 210 g/mol. The standard InChI is InChI=1S/C10H18N4O/c1-3-5-14(2)10-7-9(11-4-6-15)12-8-13-10/h7-8,15H,3-6H2,1-2H3,(H,11,12,13). The fourth-order valence-electron chi connectivity index (χ4n) is 1.29. The second-order valence-corrected chi connectivity index (χ2v) is 3.33. The summed E-state index contributed by atoms with van der Waals surface area (Å²) >= 11 is 0. The van der Waals surface area contributed by atoms with Gasteiger partial charge in [-0.25, -0.2) is 9.97 Å². The van der Waals surface area contributed by atoms with E-state index < -0.39 is 0 Å². The van der Waals surface area contributed by atoms with E-state index in [1.165, 1.54) is 6.33 Å². The zero-order chi connectivity index (χ0) is 11.1. The van der Waals surface area contributed by atoms with Gasteiger partial charge in [-0.2, -0.15) is 0 Å². The van der Waals surface area contributed by atoms with Gasteiger partial charge in [0.15, 0.2) is 0 Å². The van der Waals surface area contributed by atoms with Crippen LogP contribution in [0.5, 0.6) is 0 Å². The summed E-state index contributed by atoms with van der Waals surface area (Å²) in [5, 5.41) is 11.7. The molecule has 0 amide bonds. The minimum Gasteiger partial charge on any atom is -0.395 e. The normalized spacial score (nSPS) is 10.1. The van der Waals surface area contributed by atoms with Crippen molar-refractivity contribution in [3.05, 3.63) is 12.4 Å². The van der Waals surface area contributed by atoms with E-state index in [1.54, 1.807) is 0 Å². The fraction of sp³-hybridized carbons (Fsp3) is 0.600. The molecule has 0 bridgehead atoms. The first-order chi connectivity index (χ1) is 7.27. The first-order valence-electron chi connectivity index (χ1n) is 5.15. The van der Waals surface area contributed by atoms with E-state index in [-0.39, 0.29) is 6.61 Å². The van der Waals surface area contributed by atoms with Gasteiger partial charge in [-0.3, -0.25) is 0 Å². The number of nitrogens with zero attached hydrogens (tertiary/aromatic N) is 3. The van der Waals surface area contributed by atoms with Gasteiger partial charge in [-0.05, 0) is 6.42 Å². The van der Waals surface area contributed by atoms with Gasteiger partial charge in [0.25, 0.3) is 0 Å². The van der Waals surface area contributed by atoms with Crippen molar-refractivity contribution in [3.8, 4) is 0 Å². The number of rotatable bonds is 6. The van der Waals surface area contributed by atoms with Crippen molar-refractivity contribution >= 4 is 11.6 Å². The Hall–Kier alpha value is -1.36. The Labute approximate surface area is 90.2 Å². The van der Waals surface area contributed by atoms with E-state index in [2.05, 4.69) is 27.1 Å². The van der Waals surface area contributed by atoms with Crippen LogP contribution in [0.25, 0.3) is 0 Å². The zero-order valence-electron chi connectivity index (χ0n) is 9.27. The highest BCUT2D eigenvalue weighted by atomic mass is 16.3. The van der Waals surface area contributed by atoms with Crippen molar-refractivity contribution in [1.29, 1.82) is 0 Å². The molecule has 5 heteroatoms. The van der Waals surface area contributed by atoms with Gasteiger partial charge in [0, 0.05) is 26.2 Å². The van der Waals surface area contributed by atoms with Crippen LogP contribution in [-0.2, 0) is 0 Å². The third-order valence-corrected chi connectivity index (χ3v) is 2.02. The maximum Gasteiger partial charge on any atom is 0.133 e. The van der Waals surface area contributed by atoms with Gasteiger partial charge >= 0.3 is 0 Å². The molecule has 1 rings (SSSR count). The number of hydrogen-bond acceptors (Lipinski definition) is 5. The van der Waals surface area contributed by atoms with Gasteiger partial charge in [0.2, 0.25) is 0 Å². The fourth-order valence-corrected chi connectivity index (χ4v) is 1.29. The van der Waals surface area contributed by atoms with Crippen LogP contribution in [0.2, 0.25) is 0 Å². The van der Waals surface area contributed by atoms with Crippen molar-refractivity contribution in [1.82, 2.24) is 9.97 Å². The second-order valence-electron chi connectivity index (χ2n) is 3.33. The lowest BCUT2D eigenvalue weighted by Crippen LogP contribution is -2.19. The predicted octanol–water partition coefficient (Wildman–Crippen LogP) is 0.727. The molecule has 0 saturated heterocycles. The molecule has 0 radical (unpaired) electrons. The maximum absolute atomic E-state index is 8.67. The summed E-state index contributed by atoms with van der Waals surface area (Å²) in [7, 11) is 2.00. The molecule has 0 aliphatic rings. The minimum absolute atomic E-state index is 0.101. The molecule has 5 nitrogen and oxygen atoms in total. The molecule has 0 unspecified atom stereocenters. The van der Waals surface area contributed by atoms with Crippen LogP contribution in [0.1, 0.15) is 13.3 Å². The number of aliphatic hydroxyl groups excluding tert-OH is 1. The molecular weight excluding hydrogens is 192 g/mol. The third-order valence-electron chi connectivity index (χ3n) is 2.02. The summed E-state index contributed by atoms with van der Waals surface area (Å²) in [6, 6.07) is 1.88. The molecule has 0 atom stereocenters. The first kappa shape index (κ1) is 11.7. The van der Waals surface area contributed by atoms with Gasteiger partial charge < -0.3 is 15.3 Å². The van der Waals surface area contributed by atoms with E-state index in [0.29, 0.717) is 6.54 Å². The van der Waals surface area contributed by atoms with Gasteiger partial charge in [0.05, 0.1) is 6.61 Å². The monoisotopic (exact) mass is 210 g/mol. The van der Waals surface area contributed by atoms with E-state index >= 15 is 0 Å². The smallest absolute Gasteiger partial charge is 0.133 e. The van der Waals surface area contributed by atoms with Crippen LogP contribution >= 0.6 is 0 Å². The molecule has 0 fully saturated rings. The van der Waals surface area contributed by atoms with Crippen LogP contribution in [0.4, 0.5) is 11.6 Å². The van der Waals surface area contributed by atoms with Crippen molar-refractivity contribution in [3.63, 3.8) is 0 Å². The highest BCUT2D eigenvalue weighted by Gasteiger charge is 2.02. The molecule has 0 spiro atoms. The molecule has 1 aromatic rings.